The first-order valence-electron chi connectivity index (χ1n) is 7.01. The van der Waals surface area contributed by atoms with Gasteiger partial charge in [-0.05, 0) is 40.5 Å². The molecule has 1 saturated carbocycles. The van der Waals surface area contributed by atoms with Crippen molar-refractivity contribution in [2.45, 2.75) is 65.0 Å². The highest BCUT2D eigenvalue weighted by molar-refractivity contribution is 5.99. The second-order valence-electron chi connectivity index (χ2n) is 5.90. The van der Waals surface area contributed by atoms with Crippen molar-refractivity contribution in [3.05, 3.63) is 11.4 Å². The number of amides is 1. The number of nitrogens with one attached hydrogen (secondary N) is 1. The fourth-order valence-corrected chi connectivity index (χ4v) is 2.82. The zero-order chi connectivity index (χ0) is 14.2. The predicted octanol–water partition coefficient (Wildman–Crippen LogP) is 2.29. The summed E-state index contributed by atoms with van der Waals surface area (Å²) < 4.78 is 1.93. The van der Waals surface area contributed by atoms with Gasteiger partial charge in [-0.1, -0.05) is 12.8 Å². The van der Waals surface area contributed by atoms with Gasteiger partial charge in [0.25, 0.3) is 0 Å². The maximum Gasteiger partial charge on any atom is 0.244 e. The lowest BCUT2D eigenvalue weighted by Crippen LogP contribution is -2.48. The van der Waals surface area contributed by atoms with Crippen LogP contribution in [0.2, 0.25) is 0 Å². The van der Waals surface area contributed by atoms with Crippen LogP contribution in [0.25, 0.3) is 0 Å². The minimum Gasteiger partial charge on any atom is -0.321 e. The number of hydrogen-bond donors (Lipinski definition) is 2. The summed E-state index contributed by atoms with van der Waals surface area (Å²) >= 11 is 0. The summed E-state index contributed by atoms with van der Waals surface area (Å²) in [6, 6.07) is 0.280. The average molecular weight is 264 g/mol. The zero-order valence-corrected chi connectivity index (χ0v) is 12.3. The molecule has 5 heteroatoms. The Balaban J connectivity index is 2.22. The van der Waals surface area contributed by atoms with Crippen LogP contribution in [0.3, 0.4) is 0 Å². The van der Waals surface area contributed by atoms with Crippen LogP contribution >= 0.6 is 0 Å². The smallest absolute Gasteiger partial charge is 0.244 e. The molecule has 1 aromatic heterocycles. The Bertz CT molecular complexity index is 484. The number of aromatic nitrogens is 2. The summed E-state index contributed by atoms with van der Waals surface area (Å²) in [6.45, 7) is 8.05. The zero-order valence-electron chi connectivity index (χ0n) is 12.3. The number of rotatable bonds is 3. The molecule has 0 saturated heterocycles. The minimum atomic E-state index is -0.696. The molecule has 1 fully saturated rings. The van der Waals surface area contributed by atoms with Crippen LogP contribution in [0.5, 0.6) is 0 Å². The third-order valence-electron chi connectivity index (χ3n) is 4.00. The van der Waals surface area contributed by atoms with E-state index in [2.05, 4.69) is 24.3 Å². The van der Waals surface area contributed by atoms with Gasteiger partial charge < -0.3 is 11.1 Å². The average Bonchev–Trinajstić information content (AvgIpc) is 2.89. The van der Waals surface area contributed by atoms with E-state index in [1.54, 1.807) is 0 Å². The maximum atomic E-state index is 12.3. The quantitative estimate of drug-likeness (QED) is 0.879. The van der Waals surface area contributed by atoms with Crippen LogP contribution in [-0.4, -0.2) is 21.2 Å². The van der Waals surface area contributed by atoms with Crippen LogP contribution in [-0.2, 0) is 4.79 Å². The van der Waals surface area contributed by atoms with Gasteiger partial charge in [0.15, 0.2) is 0 Å². The number of aryl methyl sites for hydroxylation is 1. The van der Waals surface area contributed by atoms with E-state index in [4.69, 9.17) is 5.73 Å². The molecule has 0 bridgehead atoms. The van der Waals surface area contributed by atoms with Crippen molar-refractivity contribution < 1.29 is 4.79 Å². The molecular weight excluding hydrogens is 240 g/mol. The van der Waals surface area contributed by atoms with Crippen molar-refractivity contribution in [2.75, 3.05) is 5.32 Å². The molecule has 1 aliphatic rings. The topological polar surface area (TPSA) is 72.9 Å². The third-order valence-corrected chi connectivity index (χ3v) is 4.00. The monoisotopic (exact) mass is 264 g/mol. The van der Waals surface area contributed by atoms with Crippen LogP contribution < -0.4 is 11.1 Å². The molecule has 0 radical (unpaired) electrons. The van der Waals surface area contributed by atoms with Crippen molar-refractivity contribution in [3.8, 4) is 0 Å². The normalized spacial score (nSPS) is 18.0. The van der Waals surface area contributed by atoms with Crippen LogP contribution in [0, 0.1) is 13.8 Å². The molecule has 5 nitrogen and oxygen atoms in total. The number of nitrogens with two attached hydrogens (primary N) is 1. The fraction of sp³-hybridized carbons (Fsp3) is 0.714. The Morgan fingerprint density at radius 1 is 1.37 bits per heavy atom. The van der Waals surface area contributed by atoms with Crippen LogP contribution in [0.15, 0.2) is 0 Å². The molecule has 3 N–H and O–H groups in total. The lowest BCUT2D eigenvalue weighted by atomic mass is 9.98. The Kier molecular flexibility index (Phi) is 3.67. The summed E-state index contributed by atoms with van der Waals surface area (Å²) in [5.74, 6) is -0.0699. The molecule has 0 aliphatic heterocycles. The van der Waals surface area contributed by atoms with Gasteiger partial charge in [-0.15, -0.1) is 0 Å². The molecular formula is C14H24N4O. The number of nitrogens with zero attached hydrogens (tertiary/aromatic N) is 2. The van der Waals surface area contributed by atoms with Gasteiger partial charge in [0.1, 0.15) is 0 Å². The van der Waals surface area contributed by atoms with Crippen molar-refractivity contribution in [1.82, 2.24) is 9.78 Å². The Hall–Kier alpha value is -1.36. The maximum absolute atomic E-state index is 12.3. The lowest BCUT2D eigenvalue weighted by Gasteiger charge is -2.22. The van der Waals surface area contributed by atoms with E-state index in [0.29, 0.717) is 0 Å². The number of carbonyl (C=O) groups is 1. The fourth-order valence-electron chi connectivity index (χ4n) is 2.82. The third kappa shape index (κ3) is 2.52. The Labute approximate surface area is 114 Å². The summed E-state index contributed by atoms with van der Waals surface area (Å²) in [4.78, 5) is 12.3. The first kappa shape index (κ1) is 14.1. The molecule has 1 heterocycles. The predicted molar refractivity (Wildman–Crippen MR) is 76.1 cm³/mol. The Morgan fingerprint density at radius 3 is 2.42 bits per heavy atom. The second-order valence-corrected chi connectivity index (χ2v) is 5.90. The highest BCUT2D eigenvalue weighted by Crippen LogP contribution is 2.30. The number of hydrogen-bond acceptors (Lipinski definition) is 3. The van der Waals surface area contributed by atoms with E-state index >= 15 is 0 Å². The molecule has 1 aliphatic carbocycles. The van der Waals surface area contributed by atoms with Gasteiger partial charge >= 0.3 is 0 Å². The van der Waals surface area contributed by atoms with E-state index in [-0.39, 0.29) is 11.9 Å². The largest absolute Gasteiger partial charge is 0.321 e. The summed E-state index contributed by atoms with van der Waals surface area (Å²) in [6.07, 6.45) is 3.62. The molecule has 1 amide bonds. The molecule has 19 heavy (non-hydrogen) atoms. The first-order chi connectivity index (χ1) is 8.85. The summed E-state index contributed by atoms with van der Waals surface area (Å²) in [7, 11) is 0. The van der Waals surface area contributed by atoms with Gasteiger partial charge in [0.2, 0.25) is 5.91 Å². The molecule has 2 rings (SSSR count). The van der Waals surface area contributed by atoms with Gasteiger partial charge in [-0.2, -0.15) is 5.10 Å². The molecule has 0 aromatic carbocycles. The second kappa shape index (κ2) is 4.96. The van der Waals surface area contributed by atoms with Gasteiger partial charge in [-0.3, -0.25) is 9.48 Å². The summed E-state index contributed by atoms with van der Waals surface area (Å²) in [5, 5.41) is 7.46. The summed E-state index contributed by atoms with van der Waals surface area (Å²) in [5.41, 5.74) is 8.13. The van der Waals surface area contributed by atoms with E-state index in [0.717, 1.165) is 42.8 Å². The molecule has 0 spiro atoms. The van der Waals surface area contributed by atoms with Gasteiger partial charge in [-0.25, -0.2) is 0 Å². The standard InChI is InChI=1S/C14H24N4O/c1-9(2)18-11(4)12(10(3)17-18)16-13(19)14(15)7-5-6-8-14/h9H,5-8,15H2,1-4H3,(H,16,19). The molecule has 0 unspecified atom stereocenters. The molecule has 106 valence electrons. The van der Waals surface area contributed by atoms with E-state index in [9.17, 15) is 4.79 Å². The van der Waals surface area contributed by atoms with Gasteiger partial charge in [0.05, 0.1) is 22.6 Å². The van der Waals surface area contributed by atoms with E-state index in [1.807, 2.05) is 18.5 Å². The highest BCUT2D eigenvalue weighted by atomic mass is 16.2. The SMILES string of the molecule is Cc1nn(C(C)C)c(C)c1NC(=O)C1(N)CCCC1. The van der Waals surface area contributed by atoms with E-state index in [1.165, 1.54) is 0 Å². The van der Waals surface area contributed by atoms with Crippen LogP contribution in [0.1, 0.15) is 57.0 Å². The lowest BCUT2D eigenvalue weighted by molar-refractivity contribution is -0.121. The highest BCUT2D eigenvalue weighted by Gasteiger charge is 2.37. The molecule has 1 aromatic rings. The van der Waals surface area contributed by atoms with Crippen LogP contribution in [0.4, 0.5) is 5.69 Å². The minimum absolute atomic E-state index is 0.0699. The van der Waals surface area contributed by atoms with E-state index < -0.39 is 5.54 Å². The first-order valence-corrected chi connectivity index (χ1v) is 7.01. The van der Waals surface area contributed by atoms with Gasteiger partial charge in [0, 0.05) is 6.04 Å². The Morgan fingerprint density at radius 2 is 1.95 bits per heavy atom. The number of anilines is 1. The van der Waals surface area contributed by atoms with Crippen molar-refractivity contribution in [2.24, 2.45) is 5.73 Å². The van der Waals surface area contributed by atoms with Crippen molar-refractivity contribution in [1.29, 1.82) is 0 Å². The van der Waals surface area contributed by atoms with Crippen molar-refractivity contribution >= 4 is 11.6 Å². The number of carbonyl (C=O) groups excluding carboxylic acids is 1. The molecule has 0 atom stereocenters. The van der Waals surface area contributed by atoms with Crippen molar-refractivity contribution in [3.63, 3.8) is 0 Å².